The molecule has 1 N–H and O–H groups in total. The van der Waals surface area contributed by atoms with Crippen LogP contribution in [0, 0.1) is 0 Å². The Bertz CT molecular complexity index is 527. The monoisotopic (exact) mass is 326 g/mol. The number of carboxylic acid groups (broad SMARTS) is 1. The smallest absolute Gasteiger partial charge is 0.411 e. The zero-order chi connectivity index (χ0) is 17.6. The predicted molar refractivity (Wildman–Crippen MR) is 82.9 cm³/mol. The number of carbonyl (C=O) groups excluding carboxylic acids is 2. The highest BCUT2D eigenvalue weighted by Crippen LogP contribution is 2.46. The van der Waals surface area contributed by atoms with Gasteiger partial charge in [0, 0.05) is 6.54 Å². The van der Waals surface area contributed by atoms with Gasteiger partial charge >= 0.3 is 12.1 Å². The molecule has 2 unspecified atom stereocenters. The van der Waals surface area contributed by atoms with Crippen LogP contribution < -0.4 is 0 Å². The number of carboxylic acids is 1. The molecule has 0 aromatic carbocycles. The van der Waals surface area contributed by atoms with E-state index in [9.17, 15) is 19.5 Å². The Hall–Kier alpha value is -1.79. The first kappa shape index (κ1) is 17.6. The lowest BCUT2D eigenvalue weighted by molar-refractivity contribution is -0.182. The van der Waals surface area contributed by atoms with Gasteiger partial charge in [-0.15, -0.1) is 0 Å². The summed E-state index contributed by atoms with van der Waals surface area (Å²) in [7, 11) is 0. The minimum Gasteiger partial charge on any atom is -0.480 e. The summed E-state index contributed by atoms with van der Waals surface area (Å²) in [5, 5.41) is 9.30. The van der Waals surface area contributed by atoms with Gasteiger partial charge in [0.2, 0.25) is 0 Å². The third-order valence-electron chi connectivity index (χ3n) is 4.76. The lowest BCUT2D eigenvalue weighted by Crippen LogP contribution is -2.80. The van der Waals surface area contributed by atoms with Crippen molar-refractivity contribution < 1.29 is 24.2 Å². The minimum absolute atomic E-state index is 0.275. The lowest BCUT2D eigenvalue weighted by Gasteiger charge is -2.57. The minimum atomic E-state index is -1.01. The molecule has 130 valence electrons. The number of carbonyl (C=O) groups is 3. The van der Waals surface area contributed by atoms with Gasteiger partial charge < -0.3 is 14.7 Å². The Morgan fingerprint density at radius 2 is 2.04 bits per heavy atom. The summed E-state index contributed by atoms with van der Waals surface area (Å²) in [5.41, 5.74) is -1.57. The second kappa shape index (κ2) is 5.69. The maximum Gasteiger partial charge on any atom is 0.411 e. The van der Waals surface area contributed by atoms with E-state index in [1.807, 2.05) is 6.92 Å². The van der Waals surface area contributed by atoms with Crippen LogP contribution >= 0.6 is 0 Å². The van der Waals surface area contributed by atoms with Gasteiger partial charge in [-0.25, -0.2) is 9.59 Å². The summed E-state index contributed by atoms with van der Waals surface area (Å²) in [6.45, 7) is 9.36. The molecule has 2 fully saturated rings. The van der Waals surface area contributed by atoms with Crippen LogP contribution in [0.3, 0.4) is 0 Å². The fourth-order valence-electron chi connectivity index (χ4n) is 3.71. The zero-order valence-corrected chi connectivity index (χ0v) is 14.5. The lowest BCUT2D eigenvalue weighted by atomic mass is 9.76. The molecule has 3 atom stereocenters. The van der Waals surface area contributed by atoms with Crippen molar-refractivity contribution in [2.45, 2.75) is 77.1 Å². The van der Waals surface area contributed by atoms with Crippen LogP contribution in [-0.2, 0) is 14.3 Å². The van der Waals surface area contributed by atoms with Crippen molar-refractivity contribution in [1.29, 1.82) is 0 Å². The van der Waals surface area contributed by atoms with Gasteiger partial charge in [-0.1, -0.05) is 6.92 Å². The van der Waals surface area contributed by atoms with Gasteiger partial charge in [0.05, 0.1) is 6.04 Å². The van der Waals surface area contributed by atoms with Gasteiger partial charge in [-0.2, -0.15) is 0 Å². The highest BCUT2D eigenvalue weighted by atomic mass is 16.6. The molecule has 0 radical (unpaired) electrons. The number of ether oxygens (including phenoxy) is 1. The van der Waals surface area contributed by atoms with Crippen molar-refractivity contribution >= 4 is 18.0 Å². The van der Waals surface area contributed by atoms with Gasteiger partial charge in [0.25, 0.3) is 5.91 Å². The molecule has 7 heteroatoms. The second-order valence-electron chi connectivity index (χ2n) is 7.31. The first-order valence-electron chi connectivity index (χ1n) is 8.12. The summed E-state index contributed by atoms with van der Waals surface area (Å²) >= 11 is 0. The summed E-state index contributed by atoms with van der Waals surface area (Å²) in [6, 6.07) is -1.17. The van der Waals surface area contributed by atoms with E-state index in [1.165, 1.54) is 9.80 Å². The molecule has 7 nitrogen and oxygen atoms in total. The summed E-state index contributed by atoms with van der Waals surface area (Å²) in [6.07, 6.45) is 1.11. The number of nitrogens with zero attached hydrogens (tertiary/aromatic N) is 2. The second-order valence-corrected chi connectivity index (χ2v) is 7.31. The number of rotatable bonds is 3. The van der Waals surface area contributed by atoms with Crippen LogP contribution in [0.15, 0.2) is 0 Å². The van der Waals surface area contributed by atoms with E-state index in [4.69, 9.17) is 4.74 Å². The largest absolute Gasteiger partial charge is 0.480 e. The van der Waals surface area contributed by atoms with Gasteiger partial charge in [0.15, 0.2) is 0 Å². The maximum atomic E-state index is 12.8. The van der Waals surface area contributed by atoms with Crippen molar-refractivity contribution in [2.75, 3.05) is 6.54 Å². The van der Waals surface area contributed by atoms with E-state index in [1.54, 1.807) is 27.7 Å². The fraction of sp³-hybridized carbons (Fsp3) is 0.812. The topological polar surface area (TPSA) is 87.2 Å². The molecule has 0 aromatic rings. The number of aliphatic carboxylic acids is 1. The first-order chi connectivity index (χ1) is 10.6. The number of hydrogen-bond acceptors (Lipinski definition) is 4. The molecular formula is C16H26N2O5. The molecule has 2 saturated heterocycles. The number of likely N-dealkylation sites (tertiary alicyclic amines) is 2. The first-order valence-corrected chi connectivity index (χ1v) is 8.12. The molecular weight excluding hydrogens is 300 g/mol. The van der Waals surface area contributed by atoms with Crippen molar-refractivity contribution in [3.8, 4) is 0 Å². The number of β-lactam (4-membered cyclic amide) rings is 1. The third-order valence-corrected chi connectivity index (χ3v) is 4.76. The summed E-state index contributed by atoms with van der Waals surface area (Å²) in [4.78, 5) is 39.5. The molecule has 0 aliphatic carbocycles. The molecule has 1 spiro atoms. The number of amides is 2. The standard InChI is InChI=1S/C16H26N2O5/c1-6-11(12(19)20)18-10(2)16(13(18)21)8-7-9-17(16)14(22)23-15(3,4)5/h10-11H,6-9H2,1-5H3,(H,19,20)/t10?,11-,16?/m0/s1. The van der Waals surface area contributed by atoms with E-state index in [0.29, 0.717) is 25.8 Å². The van der Waals surface area contributed by atoms with Crippen LogP contribution in [-0.4, -0.2) is 62.6 Å². The van der Waals surface area contributed by atoms with E-state index in [0.717, 1.165) is 0 Å². The quantitative estimate of drug-likeness (QED) is 0.800. The van der Waals surface area contributed by atoms with E-state index >= 15 is 0 Å². The molecule has 2 heterocycles. The molecule has 2 amide bonds. The molecule has 2 aliphatic rings. The van der Waals surface area contributed by atoms with Crippen LogP contribution in [0.2, 0.25) is 0 Å². The molecule has 23 heavy (non-hydrogen) atoms. The van der Waals surface area contributed by atoms with Crippen LogP contribution in [0.4, 0.5) is 4.79 Å². The molecule has 0 bridgehead atoms. The van der Waals surface area contributed by atoms with Gasteiger partial charge in [-0.05, 0) is 47.0 Å². The van der Waals surface area contributed by atoms with Gasteiger partial charge in [0.1, 0.15) is 17.2 Å². The van der Waals surface area contributed by atoms with Crippen molar-refractivity contribution in [2.24, 2.45) is 0 Å². The highest BCUT2D eigenvalue weighted by molar-refractivity contribution is 5.99. The van der Waals surface area contributed by atoms with E-state index in [2.05, 4.69) is 0 Å². The van der Waals surface area contributed by atoms with Crippen LogP contribution in [0.1, 0.15) is 53.9 Å². The van der Waals surface area contributed by atoms with Crippen molar-refractivity contribution in [3.63, 3.8) is 0 Å². The average Bonchev–Trinajstić information content (AvgIpc) is 2.88. The fourth-order valence-corrected chi connectivity index (χ4v) is 3.71. The van der Waals surface area contributed by atoms with E-state index in [-0.39, 0.29) is 11.9 Å². The Kier molecular flexibility index (Phi) is 4.34. The van der Waals surface area contributed by atoms with Crippen LogP contribution in [0.5, 0.6) is 0 Å². The Morgan fingerprint density at radius 3 is 2.48 bits per heavy atom. The maximum absolute atomic E-state index is 12.8. The highest BCUT2D eigenvalue weighted by Gasteiger charge is 2.67. The van der Waals surface area contributed by atoms with Crippen molar-refractivity contribution in [1.82, 2.24) is 9.80 Å². The Labute approximate surface area is 136 Å². The predicted octanol–water partition coefficient (Wildman–Crippen LogP) is 1.85. The molecule has 2 rings (SSSR count). The molecule has 2 aliphatic heterocycles. The van der Waals surface area contributed by atoms with Crippen LogP contribution in [0.25, 0.3) is 0 Å². The Balaban J connectivity index is 2.23. The van der Waals surface area contributed by atoms with E-state index < -0.39 is 29.2 Å². The summed E-state index contributed by atoms with van der Waals surface area (Å²) in [5.74, 6) is -1.29. The van der Waals surface area contributed by atoms with Gasteiger partial charge in [-0.3, -0.25) is 9.69 Å². The zero-order valence-electron chi connectivity index (χ0n) is 14.5. The average molecular weight is 326 g/mol. The Morgan fingerprint density at radius 1 is 1.43 bits per heavy atom. The number of hydrogen-bond donors (Lipinski definition) is 1. The summed E-state index contributed by atoms with van der Waals surface area (Å²) < 4.78 is 5.42. The van der Waals surface area contributed by atoms with Crippen molar-refractivity contribution in [3.05, 3.63) is 0 Å². The SMILES string of the molecule is CC[C@@H](C(=O)O)N1C(=O)C2(CCCN2C(=O)OC(C)(C)C)C1C. The normalized spacial score (nSPS) is 28.7. The molecule has 0 aromatic heterocycles. The third kappa shape index (κ3) is 2.66. The molecule has 0 saturated carbocycles.